The van der Waals surface area contributed by atoms with Crippen molar-refractivity contribution in [1.29, 1.82) is 0 Å². The number of rotatable bonds is 9. The lowest BCUT2D eigenvalue weighted by Crippen LogP contribution is -2.31. The number of Topliss-reactive ketones (excluding diaryl/α,β-unsaturated/α-hetero) is 1. The van der Waals surface area contributed by atoms with E-state index in [-0.39, 0.29) is 11.7 Å². The predicted octanol–water partition coefficient (Wildman–Crippen LogP) is 5.57. The summed E-state index contributed by atoms with van der Waals surface area (Å²) in [5.41, 5.74) is 3.99. The number of fused-ring (bicyclic) bond motifs is 1. The summed E-state index contributed by atoms with van der Waals surface area (Å²) in [4.78, 5) is 29.4. The molecule has 2 aromatic rings. The molecule has 4 nitrogen and oxygen atoms in total. The van der Waals surface area contributed by atoms with Gasteiger partial charge in [-0.15, -0.1) is 0 Å². The molecule has 1 saturated carbocycles. The number of unbranched alkanes of at least 4 members (excludes halogenated alkanes) is 1. The van der Waals surface area contributed by atoms with Gasteiger partial charge in [0.05, 0.1) is 11.3 Å². The van der Waals surface area contributed by atoms with Gasteiger partial charge in [0.2, 0.25) is 0 Å². The Hall–Kier alpha value is -2.46. The number of hydrogen-bond acceptors (Lipinski definition) is 3. The predicted molar refractivity (Wildman–Crippen MR) is 126 cm³/mol. The molecule has 4 rings (SSSR count). The minimum atomic E-state index is -0.354. The minimum absolute atomic E-state index is 0.327. The van der Waals surface area contributed by atoms with Crippen LogP contribution in [0.1, 0.15) is 79.3 Å². The van der Waals surface area contributed by atoms with E-state index in [1.54, 1.807) is 4.90 Å². The van der Waals surface area contributed by atoms with E-state index in [9.17, 15) is 9.59 Å². The van der Waals surface area contributed by atoms with Crippen LogP contribution in [0.25, 0.3) is 0 Å². The molecule has 0 unspecified atom stereocenters. The first-order valence-electron chi connectivity index (χ1n) is 11.9. The van der Waals surface area contributed by atoms with E-state index in [1.165, 1.54) is 43.2 Å². The van der Waals surface area contributed by atoms with Crippen LogP contribution in [0, 0.1) is 0 Å². The summed E-state index contributed by atoms with van der Waals surface area (Å²) < 4.78 is 0. The van der Waals surface area contributed by atoms with Crippen molar-refractivity contribution >= 4 is 17.4 Å². The van der Waals surface area contributed by atoms with E-state index < -0.39 is 0 Å². The van der Waals surface area contributed by atoms with Crippen molar-refractivity contribution in [3.63, 3.8) is 0 Å². The normalized spacial score (nSPS) is 16.9. The molecule has 31 heavy (non-hydrogen) atoms. The Labute approximate surface area is 186 Å². The minimum Gasteiger partial charge on any atom is -0.305 e. The number of carbonyl (C=O) groups excluding carboxylic acids is 2. The molecule has 0 aromatic heterocycles. The zero-order valence-electron chi connectivity index (χ0n) is 18.7. The zero-order valence-corrected chi connectivity index (χ0v) is 18.7. The Kier molecular flexibility index (Phi) is 7.18. The van der Waals surface area contributed by atoms with Crippen molar-refractivity contribution in [3.8, 4) is 0 Å². The number of anilines is 1. The Morgan fingerprint density at radius 1 is 0.968 bits per heavy atom. The number of nitrogens with zero attached hydrogens (tertiary/aromatic N) is 2. The largest absolute Gasteiger partial charge is 0.305 e. The van der Waals surface area contributed by atoms with E-state index in [0.29, 0.717) is 18.0 Å². The lowest BCUT2D eigenvalue weighted by Gasteiger charge is -2.23. The molecular weight excluding hydrogens is 384 g/mol. The van der Waals surface area contributed by atoms with Gasteiger partial charge in [0, 0.05) is 13.1 Å². The van der Waals surface area contributed by atoms with Gasteiger partial charge < -0.3 is 4.90 Å². The summed E-state index contributed by atoms with van der Waals surface area (Å²) in [6.07, 6.45) is 8.14. The molecule has 0 N–H and O–H groups in total. The first-order chi connectivity index (χ1) is 15.2. The van der Waals surface area contributed by atoms with Crippen LogP contribution in [0.2, 0.25) is 0 Å². The summed E-state index contributed by atoms with van der Waals surface area (Å²) in [6, 6.07) is 16.7. The standard InChI is InChI=1S/C27H34N2O2/c1-2-28(20-21-11-5-3-6-12-21)17-9-10-18-29-25-16-15-23(22-13-7-4-8-14-22)19-24(25)26(30)27(29)31/h3,5-6,11-12,15-16,19,22H,2,4,7-10,13-14,17-18,20H2,1H3. The molecule has 1 aliphatic carbocycles. The second kappa shape index (κ2) is 10.2. The highest BCUT2D eigenvalue weighted by molar-refractivity contribution is 6.52. The van der Waals surface area contributed by atoms with E-state index in [0.717, 1.165) is 38.2 Å². The first kappa shape index (κ1) is 21.8. The molecule has 4 heteroatoms. The van der Waals surface area contributed by atoms with Crippen molar-refractivity contribution in [2.24, 2.45) is 0 Å². The highest BCUT2D eigenvalue weighted by Crippen LogP contribution is 2.37. The van der Waals surface area contributed by atoms with Gasteiger partial charge in [-0.1, -0.05) is 62.6 Å². The Morgan fingerprint density at radius 2 is 1.74 bits per heavy atom. The van der Waals surface area contributed by atoms with Crippen molar-refractivity contribution in [2.75, 3.05) is 24.5 Å². The lowest BCUT2D eigenvalue weighted by molar-refractivity contribution is -0.114. The maximum absolute atomic E-state index is 12.6. The van der Waals surface area contributed by atoms with Crippen LogP contribution < -0.4 is 4.90 Å². The molecule has 0 spiro atoms. The topological polar surface area (TPSA) is 40.6 Å². The maximum atomic E-state index is 12.6. The smallest absolute Gasteiger partial charge is 0.299 e. The first-order valence-corrected chi connectivity index (χ1v) is 11.9. The number of amides is 1. The average Bonchev–Trinajstić information content (AvgIpc) is 3.06. The van der Waals surface area contributed by atoms with Crippen LogP contribution in [0.3, 0.4) is 0 Å². The highest BCUT2D eigenvalue weighted by Gasteiger charge is 2.36. The van der Waals surface area contributed by atoms with Gasteiger partial charge in [-0.3, -0.25) is 14.5 Å². The summed E-state index contributed by atoms with van der Waals surface area (Å²) in [6.45, 7) is 5.75. The molecular formula is C27H34N2O2. The molecule has 164 valence electrons. The number of hydrogen-bond donors (Lipinski definition) is 0. The van der Waals surface area contributed by atoms with Crippen LogP contribution in [0.5, 0.6) is 0 Å². The summed E-state index contributed by atoms with van der Waals surface area (Å²) in [7, 11) is 0. The Morgan fingerprint density at radius 3 is 2.48 bits per heavy atom. The number of ketones is 1. The fourth-order valence-electron chi connectivity index (χ4n) is 5.03. The van der Waals surface area contributed by atoms with Gasteiger partial charge >= 0.3 is 0 Å². The van der Waals surface area contributed by atoms with E-state index in [4.69, 9.17) is 0 Å². The van der Waals surface area contributed by atoms with Gasteiger partial charge in [-0.2, -0.15) is 0 Å². The fraction of sp³-hybridized carbons (Fsp3) is 0.481. The molecule has 1 aliphatic heterocycles. The van der Waals surface area contributed by atoms with Gasteiger partial charge in [0.25, 0.3) is 11.7 Å². The highest BCUT2D eigenvalue weighted by atomic mass is 16.2. The summed E-state index contributed by atoms with van der Waals surface area (Å²) >= 11 is 0. The SMILES string of the molecule is CCN(CCCCN1C(=O)C(=O)c2cc(C3CCCCC3)ccc21)Cc1ccccc1. The zero-order chi connectivity index (χ0) is 21.6. The van der Waals surface area contributed by atoms with Crippen molar-refractivity contribution in [1.82, 2.24) is 4.90 Å². The molecule has 1 fully saturated rings. The molecule has 0 atom stereocenters. The van der Waals surface area contributed by atoms with Crippen molar-refractivity contribution in [2.45, 2.75) is 64.3 Å². The average molecular weight is 419 g/mol. The molecule has 0 saturated heterocycles. The van der Waals surface area contributed by atoms with E-state index in [2.05, 4.69) is 42.2 Å². The number of carbonyl (C=O) groups is 2. The van der Waals surface area contributed by atoms with Crippen LogP contribution in [-0.2, 0) is 11.3 Å². The van der Waals surface area contributed by atoms with Crippen LogP contribution in [0.4, 0.5) is 5.69 Å². The second-order valence-electron chi connectivity index (χ2n) is 8.96. The molecule has 0 bridgehead atoms. The van der Waals surface area contributed by atoms with Gasteiger partial charge in [0.15, 0.2) is 0 Å². The molecule has 1 heterocycles. The molecule has 0 radical (unpaired) electrons. The van der Waals surface area contributed by atoms with Crippen LogP contribution >= 0.6 is 0 Å². The third-order valence-electron chi connectivity index (χ3n) is 6.87. The Balaban J connectivity index is 1.33. The lowest BCUT2D eigenvalue weighted by atomic mass is 9.83. The van der Waals surface area contributed by atoms with Gasteiger partial charge in [0.1, 0.15) is 0 Å². The molecule has 2 aromatic carbocycles. The van der Waals surface area contributed by atoms with Crippen molar-refractivity contribution < 1.29 is 9.59 Å². The summed E-state index contributed by atoms with van der Waals surface area (Å²) in [5, 5.41) is 0. The third-order valence-corrected chi connectivity index (χ3v) is 6.87. The maximum Gasteiger partial charge on any atom is 0.299 e. The Bertz CT molecular complexity index is 903. The number of benzene rings is 2. The monoisotopic (exact) mass is 418 g/mol. The third kappa shape index (κ3) is 5.07. The quantitative estimate of drug-likeness (QED) is 0.395. The van der Waals surface area contributed by atoms with Gasteiger partial charge in [-0.25, -0.2) is 0 Å². The van der Waals surface area contributed by atoms with Crippen LogP contribution in [-0.4, -0.2) is 36.2 Å². The van der Waals surface area contributed by atoms with Crippen LogP contribution in [0.15, 0.2) is 48.5 Å². The summed E-state index contributed by atoms with van der Waals surface area (Å²) in [5.74, 6) is -0.139. The second-order valence-corrected chi connectivity index (χ2v) is 8.96. The van der Waals surface area contributed by atoms with Gasteiger partial charge in [-0.05, 0) is 68.0 Å². The van der Waals surface area contributed by atoms with Crippen molar-refractivity contribution in [3.05, 3.63) is 65.2 Å². The molecule has 2 aliphatic rings. The fourth-order valence-corrected chi connectivity index (χ4v) is 5.03. The molecule has 1 amide bonds. The van der Waals surface area contributed by atoms with E-state index in [1.807, 2.05) is 18.2 Å². The van der Waals surface area contributed by atoms with E-state index >= 15 is 0 Å².